The Kier molecular flexibility index (Phi) is 6.08. The fourth-order valence-corrected chi connectivity index (χ4v) is 6.95. The summed E-state index contributed by atoms with van der Waals surface area (Å²) in [4.78, 5) is 7.43. The van der Waals surface area contributed by atoms with E-state index < -0.39 is 0 Å². The molecule has 2 heterocycles. The lowest BCUT2D eigenvalue weighted by Gasteiger charge is -2.25. The van der Waals surface area contributed by atoms with Crippen molar-refractivity contribution in [3.63, 3.8) is 0 Å². The number of aromatic nitrogens is 1. The lowest BCUT2D eigenvalue weighted by Crippen LogP contribution is -2.17. The Morgan fingerprint density at radius 3 is 2.47 bits per heavy atom. The van der Waals surface area contributed by atoms with Gasteiger partial charge in [-0.2, -0.15) is 5.26 Å². The highest BCUT2D eigenvalue weighted by atomic mass is 16.3. The monoisotopic (exact) mass is 582 g/mol. The fourth-order valence-electron chi connectivity index (χ4n) is 6.95. The Balaban J connectivity index is 1.15. The number of benzene rings is 4. The Morgan fingerprint density at radius 2 is 1.67 bits per heavy atom. The maximum Gasteiger partial charge on any atom is 0.154 e. The zero-order chi connectivity index (χ0) is 30.7. The van der Waals surface area contributed by atoms with Crippen LogP contribution in [0.5, 0.6) is 0 Å². The summed E-state index contributed by atoms with van der Waals surface area (Å²) in [6.07, 6.45) is 5.64. The first kappa shape index (κ1) is 26.9. The van der Waals surface area contributed by atoms with Gasteiger partial charge in [-0.05, 0) is 88.2 Å². The van der Waals surface area contributed by atoms with Crippen molar-refractivity contribution in [2.24, 2.45) is 4.99 Å². The molecule has 45 heavy (non-hydrogen) atoms. The van der Waals surface area contributed by atoms with Crippen molar-refractivity contribution in [1.82, 2.24) is 4.98 Å². The summed E-state index contributed by atoms with van der Waals surface area (Å²) < 4.78 is 6.53. The minimum absolute atomic E-state index is 0.165. The summed E-state index contributed by atoms with van der Waals surface area (Å²) >= 11 is 0. The third-order valence-corrected chi connectivity index (χ3v) is 9.35. The number of para-hydroxylation sites is 1. The predicted octanol–water partition coefficient (Wildman–Crippen LogP) is 9.46. The third kappa shape index (κ3) is 4.38. The van der Waals surface area contributed by atoms with Crippen LogP contribution in [0, 0.1) is 16.7 Å². The maximum absolute atomic E-state index is 9.55. The molecule has 4 aromatic carbocycles. The van der Waals surface area contributed by atoms with Crippen molar-refractivity contribution in [1.29, 1.82) is 10.7 Å². The van der Waals surface area contributed by atoms with Gasteiger partial charge >= 0.3 is 0 Å². The summed E-state index contributed by atoms with van der Waals surface area (Å²) in [5, 5.41) is 20.1. The van der Waals surface area contributed by atoms with Gasteiger partial charge in [0.1, 0.15) is 16.7 Å². The van der Waals surface area contributed by atoms with E-state index in [0.29, 0.717) is 5.49 Å². The SMILES string of the molecule is CC1(C)C2=C(CCC(C#N)=C2)c2ccc(-c3cccc4c3oc3ccc(-c5ccc(C(=N)N=c6cccc[nH]6)cc5)cc34)cc21. The minimum Gasteiger partial charge on any atom is -0.455 e. The molecule has 0 amide bonds. The Labute approximate surface area is 261 Å². The Bertz CT molecular complexity index is 2360. The Morgan fingerprint density at radius 1 is 0.844 bits per heavy atom. The lowest BCUT2D eigenvalue weighted by atomic mass is 9.78. The standard InChI is InChI=1S/C40H30N4O/c1-40(2)34-20-24(23-41)9-16-30(34)31-17-14-28(22-35(31)40)29-6-5-7-32-33-21-27(15-18-36(33)45-38(29)32)25-10-12-26(13-11-25)39(42)44-37-8-3-4-19-43-37/h3-8,10-15,17-22H,9,16H2,1-2H3,(H2,42,43,44). The number of hydrogen-bond acceptors (Lipinski definition) is 3. The smallest absolute Gasteiger partial charge is 0.154 e. The first-order valence-electron chi connectivity index (χ1n) is 15.2. The number of H-pyrrole nitrogens is 1. The molecule has 2 aliphatic rings. The molecule has 2 N–H and O–H groups in total. The summed E-state index contributed by atoms with van der Waals surface area (Å²) in [5.74, 6) is 0.210. The van der Waals surface area contributed by atoms with Gasteiger partial charge in [-0.3, -0.25) is 5.41 Å². The van der Waals surface area contributed by atoms with E-state index in [4.69, 9.17) is 9.83 Å². The van der Waals surface area contributed by atoms with Crippen molar-refractivity contribution >= 4 is 33.3 Å². The minimum atomic E-state index is -0.165. The van der Waals surface area contributed by atoms with Crippen LogP contribution in [0.1, 0.15) is 43.4 Å². The molecular formula is C40H30N4O. The molecule has 216 valence electrons. The van der Waals surface area contributed by atoms with Gasteiger partial charge in [-0.25, -0.2) is 4.99 Å². The zero-order valence-electron chi connectivity index (χ0n) is 25.1. The van der Waals surface area contributed by atoms with Crippen LogP contribution in [0.25, 0.3) is 49.8 Å². The van der Waals surface area contributed by atoms with Gasteiger partial charge in [-0.1, -0.05) is 80.6 Å². The number of fused-ring (bicyclic) bond motifs is 5. The molecule has 0 saturated carbocycles. The molecule has 0 bridgehead atoms. The quantitative estimate of drug-likeness (QED) is 0.161. The van der Waals surface area contributed by atoms with Gasteiger partial charge in [0.15, 0.2) is 5.84 Å². The highest BCUT2D eigenvalue weighted by molar-refractivity contribution is 6.10. The normalized spacial score (nSPS) is 15.6. The first-order valence-corrected chi connectivity index (χ1v) is 15.2. The highest BCUT2D eigenvalue weighted by Crippen LogP contribution is 2.52. The number of nitrogens with zero attached hydrogens (tertiary/aromatic N) is 2. The van der Waals surface area contributed by atoms with Gasteiger partial charge in [0.25, 0.3) is 0 Å². The Hall–Kier alpha value is -5.73. The average Bonchev–Trinajstić information content (AvgIpc) is 3.56. The summed E-state index contributed by atoms with van der Waals surface area (Å²) in [6.45, 7) is 4.54. The number of furan rings is 1. The number of rotatable bonds is 3. The molecule has 2 aliphatic carbocycles. The predicted molar refractivity (Wildman–Crippen MR) is 181 cm³/mol. The zero-order valence-corrected chi connectivity index (χ0v) is 25.1. The molecule has 5 heteroatoms. The van der Waals surface area contributed by atoms with E-state index in [9.17, 15) is 5.26 Å². The third-order valence-electron chi connectivity index (χ3n) is 9.35. The van der Waals surface area contributed by atoms with Crippen LogP contribution in [0.3, 0.4) is 0 Å². The molecule has 0 spiro atoms. The molecule has 8 rings (SSSR count). The van der Waals surface area contributed by atoms with Crippen LogP contribution in [0.15, 0.2) is 130 Å². The second kappa shape index (κ2) is 10.2. The maximum atomic E-state index is 9.55. The molecule has 0 aliphatic heterocycles. The number of hydrogen-bond donors (Lipinski definition) is 2. The number of nitrogens with one attached hydrogen (secondary N) is 2. The number of amidine groups is 1. The molecule has 6 aromatic rings. The molecular weight excluding hydrogens is 552 g/mol. The van der Waals surface area contributed by atoms with Gasteiger partial charge in [-0.15, -0.1) is 0 Å². The number of pyridine rings is 1. The van der Waals surface area contributed by atoms with Gasteiger partial charge < -0.3 is 9.40 Å². The largest absolute Gasteiger partial charge is 0.455 e. The first-order chi connectivity index (χ1) is 21.9. The molecule has 5 nitrogen and oxygen atoms in total. The molecule has 2 aromatic heterocycles. The van der Waals surface area contributed by atoms with Crippen LogP contribution >= 0.6 is 0 Å². The molecule has 0 saturated heterocycles. The van der Waals surface area contributed by atoms with E-state index in [0.717, 1.165) is 68.2 Å². The van der Waals surface area contributed by atoms with E-state index in [1.807, 2.05) is 48.5 Å². The number of allylic oxidation sites excluding steroid dienone is 4. The summed E-state index contributed by atoms with van der Waals surface area (Å²) in [5.41, 5.74) is 13.5. The second-order valence-corrected chi connectivity index (χ2v) is 12.3. The molecule has 0 unspecified atom stereocenters. The van der Waals surface area contributed by atoms with E-state index in [-0.39, 0.29) is 11.3 Å². The summed E-state index contributed by atoms with van der Waals surface area (Å²) in [6, 6.07) is 35.5. The molecule has 0 radical (unpaired) electrons. The highest BCUT2D eigenvalue weighted by Gasteiger charge is 2.38. The second-order valence-electron chi connectivity index (χ2n) is 12.3. The van der Waals surface area contributed by atoms with Crippen LogP contribution < -0.4 is 5.49 Å². The van der Waals surface area contributed by atoms with E-state index in [1.165, 1.54) is 22.3 Å². The fraction of sp³-hybridized carbons (Fsp3) is 0.125. The number of nitriles is 1. The molecule has 0 atom stereocenters. The van der Waals surface area contributed by atoms with Crippen molar-refractivity contribution in [2.75, 3.05) is 0 Å². The van der Waals surface area contributed by atoms with Crippen molar-refractivity contribution in [3.05, 3.63) is 143 Å². The van der Waals surface area contributed by atoms with Crippen molar-refractivity contribution in [3.8, 4) is 28.3 Å². The average molecular weight is 583 g/mol. The van der Waals surface area contributed by atoms with Crippen LogP contribution in [-0.4, -0.2) is 10.8 Å². The summed E-state index contributed by atoms with van der Waals surface area (Å²) in [7, 11) is 0. The van der Waals surface area contributed by atoms with Gasteiger partial charge in [0, 0.05) is 39.1 Å². The van der Waals surface area contributed by atoms with Crippen LogP contribution in [0.2, 0.25) is 0 Å². The van der Waals surface area contributed by atoms with Crippen molar-refractivity contribution < 1.29 is 4.42 Å². The van der Waals surface area contributed by atoms with Crippen LogP contribution in [-0.2, 0) is 5.41 Å². The van der Waals surface area contributed by atoms with Gasteiger partial charge in [0.05, 0.1) is 6.07 Å². The van der Waals surface area contributed by atoms with Crippen molar-refractivity contribution in [2.45, 2.75) is 32.1 Å². The lowest BCUT2D eigenvalue weighted by molar-refractivity contribution is 0.650. The van der Waals surface area contributed by atoms with Gasteiger partial charge in [0.2, 0.25) is 0 Å². The van der Waals surface area contributed by atoms with E-state index >= 15 is 0 Å². The topological polar surface area (TPSA) is 88.9 Å². The number of aromatic amines is 1. The van der Waals surface area contributed by atoms with E-state index in [1.54, 1.807) is 6.20 Å². The van der Waals surface area contributed by atoms with E-state index in [2.05, 4.69) is 84.5 Å². The molecule has 0 fully saturated rings. The van der Waals surface area contributed by atoms with Crippen LogP contribution in [0.4, 0.5) is 0 Å².